The molecule has 2 unspecified atom stereocenters. The topological polar surface area (TPSA) is 50.4 Å². The summed E-state index contributed by atoms with van der Waals surface area (Å²) in [5.41, 5.74) is 0. The van der Waals surface area contributed by atoms with Gasteiger partial charge in [0.05, 0.1) is 12.0 Å². The van der Waals surface area contributed by atoms with Gasteiger partial charge >= 0.3 is 0 Å². The van der Waals surface area contributed by atoms with Crippen LogP contribution in [-0.2, 0) is 9.53 Å². The van der Waals surface area contributed by atoms with E-state index >= 15 is 0 Å². The second-order valence-corrected chi connectivity index (χ2v) is 4.70. The first-order valence-corrected chi connectivity index (χ1v) is 6.24. The number of nitrogens with one attached hydrogen (secondary N) is 2. The van der Waals surface area contributed by atoms with Crippen LogP contribution >= 0.6 is 0 Å². The number of hydrogen-bond donors (Lipinski definition) is 2. The van der Waals surface area contributed by atoms with Crippen molar-refractivity contribution in [3.8, 4) is 0 Å². The van der Waals surface area contributed by atoms with Crippen molar-refractivity contribution in [1.82, 2.24) is 10.6 Å². The summed E-state index contributed by atoms with van der Waals surface area (Å²) in [5.74, 6) is 0.327. The molecule has 1 aliphatic heterocycles. The Morgan fingerprint density at radius 3 is 2.88 bits per heavy atom. The summed E-state index contributed by atoms with van der Waals surface area (Å²) in [5, 5.41) is 6.25. The van der Waals surface area contributed by atoms with Crippen molar-refractivity contribution in [1.29, 1.82) is 0 Å². The van der Waals surface area contributed by atoms with E-state index in [2.05, 4.69) is 17.6 Å². The Morgan fingerprint density at radius 1 is 1.56 bits per heavy atom. The van der Waals surface area contributed by atoms with Crippen molar-refractivity contribution >= 4 is 5.91 Å². The zero-order chi connectivity index (χ0) is 12.0. The molecule has 1 rings (SSSR count). The summed E-state index contributed by atoms with van der Waals surface area (Å²) >= 11 is 0. The molecule has 1 fully saturated rings. The molecular formula is C12H24N2O2. The van der Waals surface area contributed by atoms with Crippen LogP contribution < -0.4 is 10.6 Å². The molecular weight excluding hydrogens is 204 g/mol. The molecule has 0 spiro atoms. The Morgan fingerprint density at radius 2 is 2.31 bits per heavy atom. The lowest BCUT2D eigenvalue weighted by molar-refractivity contribution is -0.125. The predicted octanol–water partition coefficient (Wildman–Crippen LogP) is 0.916. The minimum atomic E-state index is 0.144. The Balaban J connectivity index is 2.06. The quantitative estimate of drug-likeness (QED) is 0.665. The lowest BCUT2D eigenvalue weighted by Gasteiger charge is -2.15. The van der Waals surface area contributed by atoms with Crippen LogP contribution in [0.3, 0.4) is 0 Å². The molecule has 1 aliphatic rings. The smallest absolute Gasteiger partial charge is 0.224 e. The van der Waals surface area contributed by atoms with Crippen molar-refractivity contribution in [2.75, 3.05) is 19.7 Å². The maximum absolute atomic E-state index is 11.8. The molecule has 0 aromatic heterocycles. The van der Waals surface area contributed by atoms with E-state index in [1.807, 2.05) is 13.8 Å². The first-order valence-electron chi connectivity index (χ1n) is 6.24. The second kappa shape index (κ2) is 6.86. The zero-order valence-corrected chi connectivity index (χ0v) is 10.6. The number of amides is 1. The third-order valence-corrected chi connectivity index (χ3v) is 2.93. The number of carbonyl (C=O) groups is 1. The summed E-state index contributed by atoms with van der Waals surface area (Å²) in [6.45, 7) is 8.49. The molecule has 2 N–H and O–H groups in total. The second-order valence-electron chi connectivity index (χ2n) is 4.70. The van der Waals surface area contributed by atoms with Crippen molar-refractivity contribution < 1.29 is 9.53 Å². The Labute approximate surface area is 98.1 Å². The molecule has 1 amide bonds. The molecule has 0 aromatic rings. The Bertz CT molecular complexity index is 219. The summed E-state index contributed by atoms with van der Waals surface area (Å²) in [6, 6.07) is 0.312. The van der Waals surface area contributed by atoms with Gasteiger partial charge in [-0.25, -0.2) is 0 Å². The van der Waals surface area contributed by atoms with Crippen LogP contribution in [0.1, 0.15) is 33.6 Å². The largest absolute Gasteiger partial charge is 0.379 e. The van der Waals surface area contributed by atoms with E-state index in [1.165, 1.54) is 0 Å². The monoisotopic (exact) mass is 228 g/mol. The predicted molar refractivity (Wildman–Crippen MR) is 64.3 cm³/mol. The average molecular weight is 228 g/mol. The number of ether oxygens (including phenoxy) is 1. The molecule has 16 heavy (non-hydrogen) atoms. The first kappa shape index (κ1) is 13.5. The fourth-order valence-electron chi connectivity index (χ4n) is 1.95. The van der Waals surface area contributed by atoms with E-state index in [0.29, 0.717) is 6.04 Å². The van der Waals surface area contributed by atoms with Gasteiger partial charge in [-0.05, 0) is 40.2 Å². The minimum absolute atomic E-state index is 0.144. The maximum atomic E-state index is 11.8. The Kier molecular flexibility index (Phi) is 5.77. The van der Waals surface area contributed by atoms with Gasteiger partial charge in [-0.1, -0.05) is 0 Å². The van der Waals surface area contributed by atoms with Crippen LogP contribution in [-0.4, -0.2) is 37.7 Å². The van der Waals surface area contributed by atoms with Crippen LogP contribution in [0.15, 0.2) is 0 Å². The highest BCUT2D eigenvalue weighted by molar-refractivity contribution is 5.79. The average Bonchev–Trinajstić information content (AvgIpc) is 2.63. The molecule has 4 nitrogen and oxygen atoms in total. The van der Waals surface area contributed by atoms with Gasteiger partial charge in [-0.15, -0.1) is 0 Å². The molecule has 0 aromatic carbocycles. The van der Waals surface area contributed by atoms with Gasteiger partial charge in [0.25, 0.3) is 0 Å². The van der Waals surface area contributed by atoms with Gasteiger partial charge in [-0.2, -0.15) is 0 Å². The highest BCUT2D eigenvalue weighted by atomic mass is 16.5. The van der Waals surface area contributed by atoms with Gasteiger partial charge in [0, 0.05) is 19.2 Å². The van der Waals surface area contributed by atoms with E-state index in [9.17, 15) is 4.79 Å². The highest BCUT2D eigenvalue weighted by Crippen LogP contribution is 2.14. The van der Waals surface area contributed by atoms with E-state index in [0.717, 1.165) is 32.5 Å². The Hall–Kier alpha value is -0.610. The molecule has 94 valence electrons. The van der Waals surface area contributed by atoms with E-state index in [4.69, 9.17) is 4.74 Å². The lowest BCUT2D eigenvalue weighted by Crippen LogP contribution is -2.37. The van der Waals surface area contributed by atoms with Crippen LogP contribution in [0, 0.1) is 5.92 Å². The minimum Gasteiger partial charge on any atom is -0.379 e. The number of rotatable bonds is 6. The summed E-state index contributed by atoms with van der Waals surface area (Å²) in [4.78, 5) is 11.8. The fourth-order valence-corrected chi connectivity index (χ4v) is 1.95. The summed E-state index contributed by atoms with van der Waals surface area (Å²) in [7, 11) is 0. The molecule has 0 saturated carbocycles. The molecule has 1 saturated heterocycles. The molecule has 1 heterocycles. The third-order valence-electron chi connectivity index (χ3n) is 2.93. The van der Waals surface area contributed by atoms with Crippen LogP contribution in [0.5, 0.6) is 0 Å². The van der Waals surface area contributed by atoms with Gasteiger partial charge in [0.2, 0.25) is 5.91 Å². The molecule has 0 bridgehead atoms. The molecule has 4 heteroatoms. The number of hydrogen-bond acceptors (Lipinski definition) is 3. The van der Waals surface area contributed by atoms with Gasteiger partial charge < -0.3 is 15.4 Å². The standard InChI is InChI=1S/C12H24N2O2/c1-9(2)16-8-4-6-14-12(15)11-5-7-13-10(11)3/h9-11,13H,4-8H2,1-3H3,(H,14,15). The van der Waals surface area contributed by atoms with Crippen molar-refractivity contribution in [3.05, 3.63) is 0 Å². The maximum Gasteiger partial charge on any atom is 0.224 e. The first-order chi connectivity index (χ1) is 7.61. The summed E-state index contributed by atoms with van der Waals surface area (Å²) in [6.07, 6.45) is 2.11. The zero-order valence-electron chi connectivity index (χ0n) is 10.6. The van der Waals surface area contributed by atoms with E-state index in [1.54, 1.807) is 0 Å². The van der Waals surface area contributed by atoms with Crippen molar-refractivity contribution in [3.63, 3.8) is 0 Å². The van der Waals surface area contributed by atoms with Crippen LogP contribution in [0.25, 0.3) is 0 Å². The summed E-state index contributed by atoms with van der Waals surface area (Å²) < 4.78 is 5.41. The van der Waals surface area contributed by atoms with E-state index in [-0.39, 0.29) is 17.9 Å². The van der Waals surface area contributed by atoms with Crippen molar-refractivity contribution in [2.45, 2.75) is 45.8 Å². The van der Waals surface area contributed by atoms with Gasteiger partial charge in [0.15, 0.2) is 0 Å². The SMILES string of the molecule is CC(C)OCCCNC(=O)C1CCNC1C. The lowest BCUT2D eigenvalue weighted by atomic mass is 10.0. The number of carbonyl (C=O) groups excluding carboxylic acids is 1. The van der Waals surface area contributed by atoms with Gasteiger partial charge in [-0.3, -0.25) is 4.79 Å². The van der Waals surface area contributed by atoms with E-state index < -0.39 is 0 Å². The highest BCUT2D eigenvalue weighted by Gasteiger charge is 2.28. The van der Waals surface area contributed by atoms with Crippen LogP contribution in [0.4, 0.5) is 0 Å². The normalized spacial score (nSPS) is 25.0. The molecule has 2 atom stereocenters. The van der Waals surface area contributed by atoms with Crippen LogP contribution in [0.2, 0.25) is 0 Å². The molecule has 0 radical (unpaired) electrons. The third kappa shape index (κ3) is 4.49. The fraction of sp³-hybridized carbons (Fsp3) is 0.917. The van der Waals surface area contributed by atoms with Crippen molar-refractivity contribution in [2.24, 2.45) is 5.92 Å². The molecule has 0 aliphatic carbocycles. The van der Waals surface area contributed by atoms with Gasteiger partial charge in [0.1, 0.15) is 0 Å².